The largest absolute Gasteiger partial charge is 0.496 e. The molecule has 3 rings (SSSR count). The fourth-order valence-corrected chi connectivity index (χ4v) is 2.53. The third kappa shape index (κ3) is 4.36. The molecule has 0 amide bonds. The lowest BCUT2D eigenvalue weighted by atomic mass is 10.1. The fourth-order valence-electron chi connectivity index (χ4n) is 2.33. The highest BCUT2D eigenvalue weighted by atomic mass is 35.5. The Kier molecular flexibility index (Phi) is 5.30. The summed E-state index contributed by atoms with van der Waals surface area (Å²) >= 11 is 5.97. The first kappa shape index (κ1) is 17.0. The van der Waals surface area contributed by atoms with Crippen LogP contribution in [0, 0.1) is 0 Å². The molecule has 0 fully saturated rings. The van der Waals surface area contributed by atoms with E-state index in [9.17, 15) is 4.79 Å². The molecule has 25 heavy (non-hydrogen) atoms. The third-order valence-electron chi connectivity index (χ3n) is 3.60. The van der Waals surface area contributed by atoms with Crippen LogP contribution in [0.4, 0.5) is 0 Å². The van der Waals surface area contributed by atoms with Gasteiger partial charge in [-0.05, 0) is 35.9 Å². The summed E-state index contributed by atoms with van der Waals surface area (Å²) in [7, 11) is 1.56. The molecule has 2 aromatic carbocycles. The number of benzene rings is 2. The Balaban J connectivity index is 1.62. The third-order valence-corrected chi connectivity index (χ3v) is 3.84. The molecule has 0 aliphatic rings. The Morgan fingerprint density at radius 1 is 1.20 bits per heavy atom. The van der Waals surface area contributed by atoms with Gasteiger partial charge < -0.3 is 9.47 Å². The maximum absolute atomic E-state index is 12.2. The molecule has 0 spiro atoms. The van der Waals surface area contributed by atoms with Gasteiger partial charge in [-0.25, -0.2) is 14.5 Å². The lowest BCUT2D eigenvalue weighted by Crippen LogP contribution is -2.07. The molecule has 7 heteroatoms. The van der Waals surface area contributed by atoms with Crippen molar-refractivity contribution in [3.63, 3.8) is 0 Å². The summed E-state index contributed by atoms with van der Waals surface area (Å²) in [4.78, 5) is 16.1. The Morgan fingerprint density at radius 2 is 2.00 bits per heavy atom. The number of nitrogens with zero attached hydrogens (tertiary/aromatic N) is 3. The van der Waals surface area contributed by atoms with Gasteiger partial charge in [-0.15, -0.1) is 0 Å². The van der Waals surface area contributed by atoms with Crippen molar-refractivity contribution in [2.75, 3.05) is 7.11 Å². The number of esters is 1. The van der Waals surface area contributed by atoms with Crippen molar-refractivity contribution < 1.29 is 14.3 Å². The smallest absolute Gasteiger partial charge is 0.338 e. The Labute approximate surface area is 150 Å². The maximum atomic E-state index is 12.2. The first-order valence-electron chi connectivity index (χ1n) is 7.56. The van der Waals surface area contributed by atoms with E-state index in [1.165, 1.54) is 6.33 Å². The van der Waals surface area contributed by atoms with Crippen LogP contribution in [-0.2, 0) is 17.9 Å². The van der Waals surface area contributed by atoms with Gasteiger partial charge in [0.25, 0.3) is 0 Å². The minimum absolute atomic E-state index is 0.0866. The van der Waals surface area contributed by atoms with Crippen LogP contribution in [0.1, 0.15) is 21.5 Å². The highest BCUT2D eigenvalue weighted by Gasteiger charge is 2.10. The van der Waals surface area contributed by atoms with E-state index in [2.05, 4.69) is 10.1 Å². The molecule has 0 aliphatic heterocycles. The molecule has 0 saturated heterocycles. The number of hydrogen-bond acceptors (Lipinski definition) is 5. The zero-order chi connectivity index (χ0) is 17.6. The average Bonchev–Trinajstić information content (AvgIpc) is 3.13. The molecule has 6 nitrogen and oxygen atoms in total. The zero-order valence-electron chi connectivity index (χ0n) is 13.6. The predicted octanol–water partition coefficient (Wildman–Crippen LogP) is 3.35. The Hall–Kier alpha value is -2.86. The van der Waals surface area contributed by atoms with E-state index in [1.54, 1.807) is 48.5 Å². The second-order valence-electron chi connectivity index (χ2n) is 5.32. The monoisotopic (exact) mass is 357 g/mol. The van der Waals surface area contributed by atoms with E-state index in [-0.39, 0.29) is 6.61 Å². The van der Waals surface area contributed by atoms with E-state index in [0.717, 1.165) is 5.56 Å². The molecule has 0 saturated carbocycles. The zero-order valence-corrected chi connectivity index (χ0v) is 14.3. The highest BCUT2D eigenvalue weighted by Crippen LogP contribution is 2.23. The first-order chi connectivity index (χ1) is 12.2. The van der Waals surface area contributed by atoms with Crippen LogP contribution in [0.25, 0.3) is 0 Å². The minimum atomic E-state index is -0.408. The molecule has 0 atom stereocenters. The summed E-state index contributed by atoms with van der Waals surface area (Å²) in [6, 6.07) is 12.4. The van der Waals surface area contributed by atoms with Crippen molar-refractivity contribution in [3.8, 4) is 5.75 Å². The summed E-state index contributed by atoms with van der Waals surface area (Å²) < 4.78 is 12.3. The SMILES string of the molecule is COc1ccc(Cl)cc1COC(=O)c1ccc(Cn2cncn2)cc1. The molecule has 1 aromatic heterocycles. The molecule has 0 aliphatic carbocycles. The molecule has 0 unspecified atom stereocenters. The van der Waals surface area contributed by atoms with Crippen LogP contribution >= 0.6 is 11.6 Å². The Morgan fingerprint density at radius 3 is 2.68 bits per heavy atom. The van der Waals surface area contributed by atoms with Gasteiger partial charge in [0.05, 0.1) is 19.2 Å². The van der Waals surface area contributed by atoms with Crippen molar-refractivity contribution in [2.24, 2.45) is 0 Å². The molecular formula is C18H16ClN3O3. The van der Waals surface area contributed by atoms with E-state index >= 15 is 0 Å². The maximum Gasteiger partial charge on any atom is 0.338 e. The predicted molar refractivity (Wildman–Crippen MR) is 92.7 cm³/mol. The number of ether oxygens (including phenoxy) is 2. The van der Waals surface area contributed by atoms with E-state index in [4.69, 9.17) is 21.1 Å². The number of methoxy groups -OCH3 is 1. The van der Waals surface area contributed by atoms with Crippen LogP contribution < -0.4 is 4.74 Å². The summed E-state index contributed by atoms with van der Waals surface area (Å²) in [6.45, 7) is 0.679. The second-order valence-corrected chi connectivity index (χ2v) is 5.76. The topological polar surface area (TPSA) is 66.2 Å². The van der Waals surface area contributed by atoms with Gasteiger partial charge in [-0.3, -0.25) is 0 Å². The minimum Gasteiger partial charge on any atom is -0.496 e. The first-order valence-corrected chi connectivity index (χ1v) is 7.94. The van der Waals surface area contributed by atoms with Crippen LogP contribution in [0.15, 0.2) is 55.1 Å². The van der Waals surface area contributed by atoms with Crippen LogP contribution in [0.3, 0.4) is 0 Å². The lowest BCUT2D eigenvalue weighted by Gasteiger charge is -2.10. The highest BCUT2D eigenvalue weighted by molar-refractivity contribution is 6.30. The number of hydrogen-bond donors (Lipinski definition) is 0. The molecule has 1 heterocycles. The van der Waals surface area contributed by atoms with Gasteiger partial charge in [0.1, 0.15) is 25.0 Å². The van der Waals surface area contributed by atoms with Gasteiger partial charge in [0.15, 0.2) is 0 Å². The molecular weight excluding hydrogens is 342 g/mol. The van der Waals surface area contributed by atoms with Crippen molar-refractivity contribution in [1.29, 1.82) is 0 Å². The molecule has 0 radical (unpaired) electrons. The second kappa shape index (κ2) is 7.81. The fraction of sp³-hybridized carbons (Fsp3) is 0.167. The number of rotatable bonds is 6. The van der Waals surface area contributed by atoms with Crippen LogP contribution in [0.5, 0.6) is 5.75 Å². The molecule has 0 N–H and O–H groups in total. The van der Waals surface area contributed by atoms with E-state index in [0.29, 0.717) is 28.4 Å². The van der Waals surface area contributed by atoms with Crippen molar-refractivity contribution in [3.05, 3.63) is 76.8 Å². The number of carbonyl (C=O) groups excluding carboxylic acids is 1. The lowest BCUT2D eigenvalue weighted by molar-refractivity contribution is 0.0470. The molecule has 0 bridgehead atoms. The van der Waals surface area contributed by atoms with Crippen LogP contribution in [0.2, 0.25) is 5.02 Å². The quantitative estimate of drug-likeness (QED) is 0.633. The summed E-state index contributed by atoms with van der Waals surface area (Å²) in [5.74, 6) is 0.217. The normalized spacial score (nSPS) is 10.5. The van der Waals surface area contributed by atoms with Gasteiger partial charge in [-0.2, -0.15) is 5.10 Å². The van der Waals surface area contributed by atoms with E-state index in [1.807, 2.05) is 12.1 Å². The van der Waals surface area contributed by atoms with Crippen LogP contribution in [-0.4, -0.2) is 27.8 Å². The van der Waals surface area contributed by atoms with Gasteiger partial charge in [-0.1, -0.05) is 23.7 Å². The molecule has 3 aromatic rings. The van der Waals surface area contributed by atoms with Crippen molar-refractivity contribution >= 4 is 17.6 Å². The summed E-state index contributed by atoms with van der Waals surface area (Å²) in [6.07, 6.45) is 3.12. The van der Waals surface area contributed by atoms with Gasteiger partial charge in [0.2, 0.25) is 0 Å². The van der Waals surface area contributed by atoms with Crippen molar-refractivity contribution in [2.45, 2.75) is 13.2 Å². The molecule has 128 valence electrons. The standard InChI is InChI=1S/C18H16ClN3O3/c1-24-17-7-6-16(19)8-15(17)10-25-18(23)14-4-2-13(3-5-14)9-22-12-20-11-21-22/h2-8,11-12H,9-10H2,1H3. The van der Waals surface area contributed by atoms with Crippen molar-refractivity contribution in [1.82, 2.24) is 14.8 Å². The van der Waals surface area contributed by atoms with Gasteiger partial charge >= 0.3 is 5.97 Å². The number of halogens is 1. The summed E-state index contributed by atoms with van der Waals surface area (Å²) in [5, 5.41) is 4.61. The number of carbonyl (C=O) groups is 1. The van der Waals surface area contributed by atoms with E-state index < -0.39 is 5.97 Å². The number of aromatic nitrogens is 3. The average molecular weight is 358 g/mol. The summed E-state index contributed by atoms with van der Waals surface area (Å²) in [5.41, 5.74) is 2.20. The van der Waals surface area contributed by atoms with Gasteiger partial charge in [0, 0.05) is 10.6 Å². The Bertz CT molecular complexity index is 849.